The Hall–Kier alpha value is -2.97. The number of nitrogens with zero attached hydrogens (tertiary/aromatic N) is 1. The highest BCUT2D eigenvalue weighted by Crippen LogP contribution is 2.17. The summed E-state index contributed by atoms with van der Waals surface area (Å²) in [6, 6.07) is 15.1. The molecule has 1 unspecified atom stereocenters. The number of carbonyl (C=O) groups excluding carboxylic acids is 2. The zero-order valence-electron chi connectivity index (χ0n) is 17.2. The molecule has 2 aromatic rings. The van der Waals surface area contributed by atoms with E-state index < -0.39 is 28.0 Å². The van der Waals surface area contributed by atoms with E-state index in [1.54, 1.807) is 50.2 Å². The summed E-state index contributed by atoms with van der Waals surface area (Å²) in [5, 5.41) is 2.66. The average Bonchev–Trinajstić information content (AvgIpc) is 2.74. The van der Waals surface area contributed by atoms with Gasteiger partial charge in [-0.3, -0.25) is 4.79 Å². The molecule has 0 spiro atoms. The maximum atomic E-state index is 12.5. The first kappa shape index (κ1) is 23.3. The topological polar surface area (TPSA) is 92.8 Å². The third-order valence-corrected chi connectivity index (χ3v) is 6.40. The number of ether oxygens (including phenoxy) is 1. The van der Waals surface area contributed by atoms with Gasteiger partial charge in [0.05, 0.1) is 4.90 Å². The van der Waals surface area contributed by atoms with Gasteiger partial charge >= 0.3 is 5.97 Å². The van der Waals surface area contributed by atoms with E-state index in [2.05, 4.69) is 5.32 Å². The molecule has 0 fully saturated rings. The molecule has 0 aliphatic rings. The minimum absolute atomic E-state index is 0.192. The monoisotopic (exact) mass is 430 g/mol. The maximum Gasteiger partial charge on any atom is 0.331 e. The molecule has 2 aromatic carbocycles. The lowest BCUT2D eigenvalue weighted by Crippen LogP contribution is -2.30. The second-order valence-corrected chi connectivity index (χ2v) is 8.36. The Kier molecular flexibility index (Phi) is 8.32. The first-order valence-electron chi connectivity index (χ1n) is 9.62. The summed E-state index contributed by atoms with van der Waals surface area (Å²) < 4.78 is 31.4. The van der Waals surface area contributed by atoms with Crippen LogP contribution in [0.2, 0.25) is 0 Å². The number of carbonyl (C=O) groups is 2. The molecule has 0 aliphatic heterocycles. The Bertz CT molecular complexity index is 982. The second-order valence-electron chi connectivity index (χ2n) is 6.43. The highest BCUT2D eigenvalue weighted by atomic mass is 32.2. The van der Waals surface area contributed by atoms with Gasteiger partial charge in [0.15, 0.2) is 6.10 Å². The summed E-state index contributed by atoms with van der Waals surface area (Å²) in [5.74, 6) is -1.11. The van der Waals surface area contributed by atoms with E-state index in [1.165, 1.54) is 35.5 Å². The minimum Gasteiger partial charge on any atom is -0.449 e. The van der Waals surface area contributed by atoms with Crippen molar-refractivity contribution in [1.82, 2.24) is 4.31 Å². The smallest absolute Gasteiger partial charge is 0.331 e. The number of sulfonamides is 1. The van der Waals surface area contributed by atoms with Crippen LogP contribution < -0.4 is 5.32 Å². The van der Waals surface area contributed by atoms with Crippen molar-refractivity contribution in [2.75, 3.05) is 18.4 Å². The SMILES string of the molecule is CCN(CC)S(=O)(=O)c1ccc(/C=C/C(=O)OC(C)C(=O)Nc2ccccc2)cc1. The number of nitrogens with one attached hydrogen (secondary N) is 1. The number of esters is 1. The molecule has 1 amide bonds. The van der Waals surface area contributed by atoms with E-state index in [9.17, 15) is 18.0 Å². The van der Waals surface area contributed by atoms with Gasteiger partial charge in [-0.25, -0.2) is 13.2 Å². The van der Waals surface area contributed by atoms with Crippen LogP contribution in [0.3, 0.4) is 0 Å². The van der Waals surface area contributed by atoms with E-state index in [-0.39, 0.29) is 4.90 Å². The van der Waals surface area contributed by atoms with E-state index in [0.717, 1.165) is 0 Å². The van der Waals surface area contributed by atoms with Crippen molar-refractivity contribution < 1.29 is 22.7 Å². The van der Waals surface area contributed by atoms with Crippen molar-refractivity contribution in [3.8, 4) is 0 Å². The number of para-hydroxylation sites is 1. The molecule has 1 N–H and O–H groups in total. The van der Waals surface area contributed by atoms with Crippen LogP contribution in [0.25, 0.3) is 6.08 Å². The molecule has 0 radical (unpaired) electrons. The van der Waals surface area contributed by atoms with Gasteiger partial charge in [0.1, 0.15) is 0 Å². The van der Waals surface area contributed by atoms with Gasteiger partial charge in [-0.1, -0.05) is 44.2 Å². The fourth-order valence-electron chi connectivity index (χ4n) is 2.66. The van der Waals surface area contributed by atoms with Gasteiger partial charge in [-0.15, -0.1) is 0 Å². The molecule has 0 aromatic heterocycles. The number of benzene rings is 2. The van der Waals surface area contributed by atoms with Gasteiger partial charge in [0.25, 0.3) is 5.91 Å². The highest BCUT2D eigenvalue weighted by molar-refractivity contribution is 7.89. The number of anilines is 1. The molecular weight excluding hydrogens is 404 g/mol. The van der Waals surface area contributed by atoms with Gasteiger partial charge in [0.2, 0.25) is 10.0 Å². The minimum atomic E-state index is -3.53. The van der Waals surface area contributed by atoms with Gasteiger partial charge < -0.3 is 10.1 Å². The Morgan fingerprint density at radius 2 is 1.63 bits per heavy atom. The number of amides is 1. The molecule has 0 aliphatic carbocycles. The van der Waals surface area contributed by atoms with Crippen molar-refractivity contribution in [2.45, 2.75) is 31.8 Å². The van der Waals surface area contributed by atoms with E-state index in [1.807, 2.05) is 6.07 Å². The van der Waals surface area contributed by atoms with Crippen LogP contribution in [0.15, 0.2) is 65.6 Å². The van der Waals surface area contributed by atoms with Crippen LogP contribution >= 0.6 is 0 Å². The summed E-state index contributed by atoms with van der Waals surface area (Å²) in [7, 11) is -3.53. The Labute approximate surface area is 177 Å². The molecule has 0 bridgehead atoms. The highest BCUT2D eigenvalue weighted by Gasteiger charge is 2.21. The lowest BCUT2D eigenvalue weighted by atomic mass is 10.2. The van der Waals surface area contributed by atoms with Crippen LogP contribution in [-0.2, 0) is 24.3 Å². The molecule has 1 atom stereocenters. The average molecular weight is 431 g/mol. The van der Waals surface area contributed by atoms with E-state index in [0.29, 0.717) is 24.3 Å². The van der Waals surface area contributed by atoms with Crippen molar-refractivity contribution in [3.63, 3.8) is 0 Å². The van der Waals surface area contributed by atoms with Crippen molar-refractivity contribution in [3.05, 3.63) is 66.2 Å². The third-order valence-electron chi connectivity index (χ3n) is 4.34. The van der Waals surface area contributed by atoms with Crippen molar-refractivity contribution in [1.29, 1.82) is 0 Å². The van der Waals surface area contributed by atoms with E-state index in [4.69, 9.17) is 4.74 Å². The zero-order chi connectivity index (χ0) is 22.1. The second kappa shape index (κ2) is 10.7. The molecular formula is C22H26N2O5S. The first-order valence-corrected chi connectivity index (χ1v) is 11.1. The summed E-state index contributed by atoms with van der Waals surface area (Å²) in [6.45, 7) is 5.83. The van der Waals surface area contributed by atoms with Gasteiger partial charge in [-0.2, -0.15) is 4.31 Å². The third kappa shape index (κ3) is 6.27. The summed E-state index contributed by atoms with van der Waals surface area (Å²) in [5.41, 5.74) is 1.24. The summed E-state index contributed by atoms with van der Waals surface area (Å²) in [4.78, 5) is 24.3. The van der Waals surface area contributed by atoms with Gasteiger partial charge in [-0.05, 0) is 42.8 Å². The van der Waals surface area contributed by atoms with Crippen LogP contribution in [-0.4, -0.2) is 43.8 Å². The standard InChI is InChI=1S/C22H26N2O5S/c1-4-24(5-2)30(27,28)20-14-11-18(12-15-20)13-16-21(25)29-17(3)22(26)23-19-9-7-6-8-10-19/h6-17H,4-5H2,1-3H3,(H,23,26)/b16-13+. The van der Waals surface area contributed by atoms with Crippen LogP contribution in [0.1, 0.15) is 26.3 Å². The van der Waals surface area contributed by atoms with Crippen LogP contribution in [0.5, 0.6) is 0 Å². The Morgan fingerprint density at radius 3 is 2.20 bits per heavy atom. The largest absolute Gasteiger partial charge is 0.449 e. The molecule has 8 heteroatoms. The molecule has 7 nitrogen and oxygen atoms in total. The number of hydrogen-bond donors (Lipinski definition) is 1. The fourth-order valence-corrected chi connectivity index (χ4v) is 4.12. The Morgan fingerprint density at radius 1 is 1.03 bits per heavy atom. The van der Waals surface area contributed by atoms with Gasteiger partial charge in [0, 0.05) is 24.9 Å². The zero-order valence-corrected chi connectivity index (χ0v) is 18.1. The lowest BCUT2D eigenvalue weighted by Gasteiger charge is -2.18. The molecule has 30 heavy (non-hydrogen) atoms. The molecule has 2 rings (SSSR count). The maximum absolute atomic E-state index is 12.5. The predicted molar refractivity (Wildman–Crippen MR) is 116 cm³/mol. The van der Waals surface area contributed by atoms with Crippen LogP contribution in [0, 0.1) is 0 Å². The van der Waals surface area contributed by atoms with E-state index >= 15 is 0 Å². The first-order chi connectivity index (χ1) is 14.3. The quantitative estimate of drug-likeness (QED) is 0.487. The summed E-state index contributed by atoms with van der Waals surface area (Å²) in [6.07, 6.45) is 1.72. The summed E-state index contributed by atoms with van der Waals surface area (Å²) >= 11 is 0. The molecule has 0 heterocycles. The number of rotatable bonds is 9. The molecule has 0 saturated heterocycles. The predicted octanol–water partition coefficient (Wildman–Crippen LogP) is 3.30. The molecule has 0 saturated carbocycles. The lowest BCUT2D eigenvalue weighted by molar-refractivity contribution is -0.148. The normalized spacial score (nSPS) is 12.7. The number of hydrogen-bond acceptors (Lipinski definition) is 5. The molecule has 160 valence electrons. The Balaban J connectivity index is 1.95. The fraction of sp³-hybridized carbons (Fsp3) is 0.273. The van der Waals surface area contributed by atoms with Crippen molar-refractivity contribution in [2.24, 2.45) is 0 Å². The van der Waals surface area contributed by atoms with Crippen LogP contribution in [0.4, 0.5) is 5.69 Å². The van der Waals surface area contributed by atoms with Crippen molar-refractivity contribution >= 4 is 33.7 Å².